The predicted molar refractivity (Wildman–Crippen MR) is 79.7 cm³/mol. The van der Waals surface area contributed by atoms with Crippen LogP contribution in [0.5, 0.6) is 0 Å². The summed E-state index contributed by atoms with van der Waals surface area (Å²) in [5, 5.41) is 18.2. The lowest BCUT2D eigenvalue weighted by Gasteiger charge is -1.98. The topological polar surface area (TPSA) is 92.8 Å². The molecule has 110 valence electrons. The summed E-state index contributed by atoms with van der Waals surface area (Å²) in [6, 6.07) is 3.76. The molecule has 7 heteroatoms. The van der Waals surface area contributed by atoms with Gasteiger partial charge in [0.1, 0.15) is 17.9 Å². The summed E-state index contributed by atoms with van der Waals surface area (Å²) in [6.07, 6.45) is 7.38. The zero-order chi connectivity index (χ0) is 15.1. The maximum Gasteiger partial charge on any atom is 0.162 e. The number of nitrogens with zero attached hydrogens (tertiary/aromatic N) is 4. The molecule has 2 N–H and O–H groups in total. The van der Waals surface area contributed by atoms with Crippen LogP contribution in [0.2, 0.25) is 0 Å². The van der Waals surface area contributed by atoms with Crippen LogP contribution in [0.25, 0.3) is 33.4 Å². The van der Waals surface area contributed by atoms with Crippen LogP contribution in [0.3, 0.4) is 0 Å². The van der Waals surface area contributed by atoms with Crippen molar-refractivity contribution in [3.8, 4) is 22.4 Å². The lowest BCUT2D eigenvalue weighted by atomic mass is 10.1. The molecule has 0 aromatic carbocycles. The highest BCUT2D eigenvalue weighted by atomic mass is 16.5. The molecular formula is C15H13N5O2. The highest BCUT2D eigenvalue weighted by molar-refractivity contribution is 5.94. The van der Waals surface area contributed by atoms with Crippen LogP contribution in [-0.2, 0) is 13.7 Å². The van der Waals surface area contributed by atoms with Gasteiger partial charge >= 0.3 is 0 Å². The summed E-state index contributed by atoms with van der Waals surface area (Å²) in [4.78, 5) is 7.56. The van der Waals surface area contributed by atoms with Crippen molar-refractivity contribution < 1.29 is 9.63 Å². The number of aromatic nitrogens is 5. The van der Waals surface area contributed by atoms with Crippen molar-refractivity contribution in [2.24, 2.45) is 7.05 Å². The van der Waals surface area contributed by atoms with Crippen LogP contribution in [0.4, 0.5) is 0 Å². The normalized spacial score (nSPS) is 11.4. The molecule has 0 bridgehead atoms. The van der Waals surface area contributed by atoms with Gasteiger partial charge in [-0.25, -0.2) is 4.98 Å². The van der Waals surface area contributed by atoms with E-state index in [9.17, 15) is 0 Å². The monoisotopic (exact) mass is 295 g/mol. The summed E-state index contributed by atoms with van der Waals surface area (Å²) in [5.41, 5.74) is 4.31. The SMILES string of the molecule is Cn1cc(-c2cnc3[nH]cc(-c4cc(CO)on4)c3c2)cn1. The van der Waals surface area contributed by atoms with Gasteiger partial charge < -0.3 is 14.6 Å². The van der Waals surface area contributed by atoms with E-state index in [1.807, 2.05) is 31.7 Å². The van der Waals surface area contributed by atoms with Crippen molar-refractivity contribution in [3.05, 3.63) is 42.7 Å². The second kappa shape index (κ2) is 4.81. The van der Waals surface area contributed by atoms with Gasteiger partial charge in [0.15, 0.2) is 5.76 Å². The molecule has 0 amide bonds. The van der Waals surface area contributed by atoms with Gasteiger partial charge in [0, 0.05) is 53.8 Å². The Morgan fingerprint density at radius 2 is 2.18 bits per heavy atom. The molecule has 4 rings (SSSR count). The first-order valence-corrected chi connectivity index (χ1v) is 6.77. The molecule has 0 radical (unpaired) electrons. The van der Waals surface area contributed by atoms with E-state index in [4.69, 9.17) is 9.63 Å². The number of nitrogens with one attached hydrogen (secondary N) is 1. The molecule has 4 heterocycles. The molecule has 0 aliphatic heterocycles. The van der Waals surface area contributed by atoms with Crippen molar-refractivity contribution in [2.75, 3.05) is 0 Å². The zero-order valence-corrected chi connectivity index (χ0v) is 11.8. The van der Waals surface area contributed by atoms with Gasteiger partial charge in [-0.05, 0) is 6.07 Å². The molecule has 22 heavy (non-hydrogen) atoms. The smallest absolute Gasteiger partial charge is 0.162 e. The van der Waals surface area contributed by atoms with Crippen molar-refractivity contribution >= 4 is 11.0 Å². The first-order chi connectivity index (χ1) is 10.7. The number of rotatable bonds is 3. The quantitative estimate of drug-likeness (QED) is 0.604. The third-order valence-electron chi connectivity index (χ3n) is 3.56. The Morgan fingerprint density at radius 3 is 2.91 bits per heavy atom. The molecule has 0 saturated carbocycles. The molecule has 0 fully saturated rings. The fourth-order valence-corrected chi connectivity index (χ4v) is 2.46. The average molecular weight is 295 g/mol. The standard InChI is InChI=1S/C15H13N5O2/c1-20-7-10(5-18-20)9-2-12-13(6-17-15(12)16-4-9)14-3-11(8-21)22-19-14/h2-7,21H,8H2,1H3,(H,16,17). The third kappa shape index (κ3) is 1.99. The molecular weight excluding hydrogens is 282 g/mol. The molecule has 0 atom stereocenters. The fraction of sp³-hybridized carbons (Fsp3) is 0.133. The average Bonchev–Trinajstić information content (AvgIpc) is 3.24. The Morgan fingerprint density at radius 1 is 1.27 bits per heavy atom. The summed E-state index contributed by atoms with van der Waals surface area (Å²) in [7, 11) is 1.88. The first-order valence-electron chi connectivity index (χ1n) is 6.77. The van der Waals surface area contributed by atoms with Gasteiger partial charge in [-0.1, -0.05) is 5.16 Å². The van der Waals surface area contributed by atoms with E-state index in [2.05, 4.69) is 20.2 Å². The number of hydrogen-bond acceptors (Lipinski definition) is 5. The largest absolute Gasteiger partial charge is 0.388 e. The summed E-state index contributed by atoms with van der Waals surface area (Å²) in [5.74, 6) is 0.431. The number of fused-ring (bicyclic) bond motifs is 1. The van der Waals surface area contributed by atoms with Crippen molar-refractivity contribution in [2.45, 2.75) is 6.61 Å². The number of aromatic amines is 1. The Kier molecular flexibility index (Phi) is 2.80. The maximum atomic E-state index is 9.09. The van der Waals surface area contributed by atoms with Gasteiger partial charge in [0.25, 0.3) is 0 Å². The Hall–Kier alpha value is -2.93. The van der Waals surface area contributed by atoms with Gasteiger partial charge in [-0.2, -0.15) is 5.10 Å². The summed E-state index contributed by atoms with van der Waals surface area (Å²) < 4.78 is 6.81. The first kappa shape index (κ1) is 12.8. The summed E-state index contributed by atoms with van der Waals surface area (Å²) in [6.45, 7) is -0.172. The Bertz CT molecular complexity index is 950. The van der Waals surface area contributed by atoms with Crippen LogP contribution in [0.1, 0.15) is 5.76 Å². The number of aliphatic hydroxyl groups is 1. The van der Waals surface area contributed by atoms with Gasteiger partial charge in [-0.3, -0.25) is 4.68 Å². The van der Waals surface area contributed by atoms with Crippen LogP contribution in [0.15, 0.2) is 41.4 Å². The van der Waals surface area contributed by atoms with E-state index < -0.39 is 0 Å². The van der Waals surface area contributed by atoms with Crippen LogP contribution < -0.4 is 0 Å². The van der Waals surface area contributed by atoms with E-state index in [0.717, 1.165) is 27.7 Å². The van der Waals surface area contributed by atoms with Crippen LogP contribution in [-0.4, -0.2) is 30.0 Å². The maximum absolute atomic E-state index is 9.09. The number of aryl methyl sites for hydroxylation is 1. The molecule has 0 saturated heterocycles. The van der Waals surface area contributed by atoms with E-state index in [0.29, 0.717) is 11.5 Å². The fourth-order valence-electron chi connectivity index (χ4n) is 2.46. The highest BCUT2D eigenvalue weighted by Crippen LogP contribution is 2.30. The lowest BCUT2D eigenvalue weighted by molar-refractivity contribution is 0.229. The third-order valence-corrected chi connectivity index (χ3v) is 3.56. The predicted octanol–water partition coefficient (Wildman–Crippen LogP) is 2.11. The van der Waals surface area contributed by atoms with E-state index in [1.54, 1.807) is 16.9 Å². The minimum atomic E-state index is -0.172. The van der Waals surface area contributed by atoms with Gasteiger partial charge in [0.05, 0.1) is 6.20 Å². The van der Waals surface area contributed by atoms with E-state index >= 15 is 0 Å². The molecule has 0 aliphatic rings. The van der Waals surface area contributed by atoms with Crippen LogP contribution in [0, 0.1) is 0 Å². The van der Waals surface area contributed by atoms with Crippen molar-refractivity contribution in [1.29, 1.82) is 0 Å². The second-order valence-corrected chi connectivity index (χ2v) is 5.06. The lowest BCUT2D eigenvalue weighted by Crippen LogP contribution is -1.84. The molecule has 0 spiro atoms. The minimum Gasteiger partial charge on any atom is -0.388 e. The second-order valence-electron chi connectivity index (χ2n) is 5.06. The Balaban J connectivity index is 1.86. The number of aliphatic hydroxyl groups excluding tert-OH is 1. The molecule has 0 unspecified atom stereocenters. The van der Waals surface area contributed by atoms with E-state index in [-0.39, 0.29) is 6.61 Å². The molecule has 4 aromatic heterocycles. The molecule has 4 aromatic rings. The van der Waals surface area contributed by atoms with Gasteiger partial charge in [0.2, 0.25) is 0 Å². The van der Waals surface area contributed by atoms with Crippen molar-refractivity contribution in [3.63, 3.8) is 0 Å². The summed E-state index contributed by atoms with van der Waals surface area (Å²) >= 11 is 0. The van der Waals surface area contributed by atoms with Crippen LogP contribution >= 0.6 is 0 Å². The zero-order valence-electron chi connectivity index (χ0n) is 11.8. The number of hydrogen-bond donors (Lipinski definition) is 2. The van der Waals surface area contributed by atoms with E-state index in [1.165, 1.54) is 0 Å². The highest BCUT2D eigenvalue weighted by Gasteiger charge is 2.13. The number of H-pyrrole nitrogens is 1. The minimum absolute atomic E-state index is 0.172. The van der Waals surface area contributed by atoms with Crippen molar-refractivity contribution in [1.82, 2.24) is 24.9 Å². The Labute approximate surface area is 125 Å². The number of pyridine rings is 1. The molecule has 7 nitrogen and oxygen atoms in total. The van der Waals surface area contributed by atoms with Gasteiger partial charge in [-0.15, -0.1) is 0 Å². The molecule has 0 aliphatic carbocycles.